The van der Waals surface area contributed by atoms with Crippen LogP contribution in [0.5, 0.6) is 5.75 Å². The van der Waals surface area contributed by atoms with E-state index in [1.165, 1.54) is 6.26 Å². The summed E-state index contributed by atoms with van der Waals surface area (Å²) < 4.78 is 28.5. The maximum Gasteiger partial charge on any atom is 0.148 e. The molecular weight excluding hydrogens is 490 g/mol. The van der Waals surface area contributed by atoms with Gasteiger partial charge < -0.3 is 15.0 Å². The van der Waals surface area contributed by atoms with Crippen molar-refractivity contribution in [2.45, 2.75) is 19.6 Å². The topological polar surface area (TPSA) is 96.9 Å². The minimum Gasteiger partial charge on any atom is -0.489 e. The highest BCUT2D eigenvalue weighted by atomic mass is 32.2. The predicted octanol–water partition coefficient (Wildman–Crippen LogP) is 3.88. The molecule has 0 fully saturated rings. The van der Waals surface area contributed by atoms with Crippen LogP contribution in [0.4, 0.5) is 11.5 Å². The maximum atomic E-state index is 11.3. The van der Waals surface area contributed by atoms with E-state index in [2.05, 4.69) is 15.3 Å². The van der Waals surface area contributed by atoms with Crippen molar-refractivity contribution in [2.24, 2.45) is 0 Å². The molecule has 4 rings (SSSR count). The van der Waals surface area contributed by atoms with Crippen molar-refractivity contribution < 1.29 is 18.0 Å². The predicted molar refractivity (Wildman–Crippen MR) is 145 cm³/mol. The van der Waals surface area contributed by atoms with Gasteiger partial charge in [0, 0.05) is 36.8 Å². The van der Waals surface area contributed by atoms with E-state index in [9.17, 15) is 8.42 Å². The number of nitrogens with one attached hydrogen (secondary N) is 1. The van der Waals surface area contributed by atoms with Crippen molar-refractivity contribution in [3.8, 4) is 5.75 Å². The SMILES string of the molecule is CN(CCCON1C=Cc2c(ncnc2Nc2ccc(OCc3ccccc3)cc2)C1)CCS(C)(=O)=O. The summed E-state index contributed by atoms with van der Waals surface area (Å²) >= 11 is 0. The summed E-state index contributed by atoms with van der Waals surface area (Å²) in [6.45, 7) is 2.84. The van der Waals surface area contributed by atoms with Gasteiger partial charge in [-0.05, 0) is 49.4 Å². The van der Waals surface area contributed by atoms with Crippen LogP contribution in [0, 0.1) is 0 Å². The molecule has 0 amide bonds. The number of fused-ring (bicyclic) bond motifs is 1. The molecule has 0 radical (unpaired) electrons. The third-order valence-electron chi connectivity index (χ3n) is 5.83. The molecule has 0 aliphatic carbocycles. The lowest BCUT2D eigenvalue weighted by Crippen LogP contribution is -2.28. The van der Waals surface area contributed by atoms with E-state index in [0.29, 0.717) is 26.3 Å². The summed E-state index contributed by atoms with van der Waals surface area (Å²) in [6.07, 6.45) is 7.42. The van der Waals surface area contributed by atoms with Crippen molar-refractivity contribution >= 4 is 27.4 Å². The number of hydroxylamine groups is 2. The van der Waals surface area contributed by atoms with Gasteiger partial charge >= 0.3 is 0 Å². The van der Waals surface area contributed by atoms with Crippen LogP contribution in [-0.4, -0.2) is 67.1 Å². The second kappa shape index (κ2) is 12.7. The van der Waals surface area contributed by atoms with Gasteiger partial charge in [0.1, 0.15) is 34.3 Å². The lowest BCUT2D eigenvalue weighted by molar-refractivity contribution is -0.130. The van der Waals surface area contributed by atoms with Gasteiger partial charge in [-0.3, -0.25) is 9.90 Å². The van der Waals surface area contributed by atoms with E-state index in [-0.39, 0.29) is 5.75 Å². The van der Waals surface area contributed by atoms with E-state index < -0.39 is 9.84 Å². The van der Waals surface area contributed by atoms with Crippen molar-refractivity contribution in [3.63, 3.8) is 0 Å². The molecule has 2 heterocycles. The number of benzene rings is 2. The van der Waals surface area contributed by atoms with Gasteiger partial charge in [-0.25, -0.2) is 18.4 Å². The number of aromatic nitrogens is 2. The van der Waals surface area contributed by atoms with Crippen LogP contribution in [0.2, 0.25) is 0 Å². The molecule has 0 saturated carbocycles. The first kappa shape index (κ1) is 26.6. The molecule has 1 aromatic heterocycles. The van der Waals surface area contributed by atoms with Crippen LogP contribution >= 0.6 is 0 Å². The third kappa shape index (κ3) is 8.56. The van der Waals surface area contributed by atoms with Crippen molar-refractivity contribution in [1.29, 1.82) is 0 Å². The normalized spacial score (nSPS) is 13.0. The molecule has 9 nitrogen and oxygen atoms in total. The number of hydrogen-bond acceptors (Lipinski definition) is 9. The van der Waals surface area contributed by atoms with E-state index >= 15 is 0 Å². The van der Waals surface area contributed by atoms with Crippen molar-refractivity contribution in [1.82, 2.24) is 19.9 Å². The first-order chi connectivity index (χ1) is 17.9. The van der Waals surface area contributed by atoms with Crippen molar-refractivity contribution in [2.75, 3.05) is 44.1 Å². The quantitative estimate of drug-likeness (QED) is 0.335. The summed E-state index contributed by atoms with van der Waals surface area (Å²) in [5.74, 6) is 1.69. The van der Waals surface area contributed by atoms with Crippen LogP contribution in [0.25, 0.3) is 6.08 Å². The third-order valence-corrected chi connectivity index (χ3v) is 6.75. The zero-order chi connectivity index (χ0) is 26.1. The molecule has 0 saturated heterocycles. The van der Waals surface area contributed by atoms with E-state index in [0.717, 1.165) is 47.0 Å². The zero-order valence-electron chi connectivity index (χ0n) is 21.2. The molecule has 1 N–H and O–H groups in total. The van der Waals surface area contributed by atoms with Gasteiger partial charge in [-0.15, -0.1) is 0 Å². The van der Waals surface area contributed by atoms with Crippen LogP contribution in [0.15, 0.2) is 67.1 Å². The number of hydrogen-bond donors (Lipinski definition) is 1. The highest BCUT2D eigenvalue weighted by Crippen LogP contribution is 2.27. The monoisotopic (exact) mass is 523 g/mol. The molecule has 196 valence electrons. The first-order valence-electron chi connectivity index (χ1n) is 12.2. The Morgan fingerprint density at radius 3 is 2.59 bits per heavy atom. The highest BCUT2D eigenvalue weighted by molar-refractivity contribution is 7.90. The van der Waals surface area contributed by atoms with Crippen LogP contribution in [0.3, 0.4) is 0 Å². The minimum atomic E-state index is -2.95. The Kier molecular flexibility index (Phi) is 9.10. The standard InChI is InChI=1S/C27H33N5O4S/c1-31(16-18-37(2,33)34)14-6-17-36-32-15-13-25-26(19-32)28-21-29-27(25)30-23-9-11-24(12-10-23)35-20-22-7-4-3-5-8-22/h3-5,7-13,15,21H,6,14,16-20H2,1-2H3,(H,28,29,30). The molecule has 0 spiro atoms. The Morgan fingerprint density at radius 1 is 1.05 bits per heavy atom. The van der Waals surface area contributed by atoms with Crippen LogP contribution in [0.1, 0.15) is 23.2 Å². The molecule has 3 aromatic rings. The molecule has 2 aromatic carbocycles. The van der Waals surface area contributed by atoms with Gasteiger partial charge in [-0.2, -0.15) is 0 Å². The average molecular weight is 524 g/mol. The second-order valence-corrected chi connectivity index (χ2v) is 11.3. The number of ether oxygens (including phenoxy) is 1. The highest BCUT2D eigenvalue weighted by Gasteiger charge is 2.17. The summed E-state index contributed by atoms with van der Waals surface area (Å²) in [4.78, 5) is 16.7. The lowest BCUT2D eigenvalue weighted by Gasteiger charge is -2.25. The van der Waals surface area contributed by atoms with E-state index in [1.807, 2.05) is 78.8 Å². The number of anilines is 2. The van der Waals surface area contributed by atoms with Gasteiger partial charge in [0.15, 0.2) is 0 Å². The van der Waals surface area contributed by atoms with E-state index in [1.54, 1.807) is 11.4 Å². The molecule has 10 heteroatoms. The average Bonchev–Trinajstić information content (AvgIpc) is 2.90. The van der Waals surface area contributed by atoms with Crippen LogP contribution in [-0.2, 0) is 27.8 Å². The summed E-state index contributed by atoms with van der Waals surface area (Å²) in [5, 5.41) is 5.13. The number of rotatable bonds is 13. The Hall–Kier alpha value is -3.47. The van der Waals surface area contributed by atoms with Crippen molar-refractivity contribution in [3.05, 3.63) is 83.9 Å². The maximum absolute atomic E-state index is 11.3. The Balaban J connectivity index is 1.25. The first-order valence-corrected chi connectivity index (χ1v) is 14.2. The summed E-state index contributed by atoms with van der Waals surface area (Å²) in [7, 11) is -1.03. The summed E-state index contributed by atoms with van der Waals surface area (Å²) in [5.41, 5.74) is 3.82. The number of sulfone groups is 1. The molecule has 0 unspecified atom stereocenters. The lowest BCUT2D eigenvalue weighted by atomic mass is 10.1. The van der Waals surface area contributed by atoms with Gasteiger partial charge in [-0.1, -0.05) is 30.3 Å². The molecule has 37 heavy (non-hydrogen) atoms. The zero-order valence-corrected chi connectivity index (χ0v) is 22.0. The fourth-order valence-electron chi connectivity index (χ4n) is 3.74. The largest absolute Gasteiger partial charge is 0.489 e. The smallest absolute Gasteiger partial charge is 0.148 e. The Morgan fingerprint density at radius 2 is 1.84 bits per heavy atom. The van der Waals surface area contributed by atoms with Gasteiger partial charge in [0.05, 0.1) is 24.6 Å². The van der Waals surface area contributed by atoms with Gasteiger partial charge in [0.25, 0.3) is 0 Å². The molecule has 1 aliphatic heterocycles. The van der Waals surface area contributed by atoms with E-state index in [4.69, 9.17) is 9.57 Å². The Bertz CT molecular complexity index is 1280. The second-order valence-electron chi connectivity index (χ2n) is 9.02. The van der Waals surface area contributed by atoms with Gasteiger partial charge in [0.2, 0.25) is 0 Å². The molecular formula is C27H33N5O4S. The molecule has 1 aliphatic rings. The Labute approximate surface area is 218 Å². The fraction of sp³-hybridized carbons (Fsp3) is 0.333. The summed E-state index contributed by atoms with van der Waals surface area (Å²) in [6, 6.07) is 17.9. The molecule has 0 atom stereocenters. The minimum absolute atomic E-state index is 0.165. The number of nitrogens with zero attached hydrogens (tertiary/aromatic N) is 4. The van der Waals surface area contributed by atoms with Crippen LogP contribution < -0.4 is 10.1 Å². The molecule has 0 bridgehead atoms. The fourth-order valence-corrected chi connectivity index (χ4v) is 4.38.